The third-order valence-corrected chi connectivity index (χ3v) is 4.74. The lowest BCUT2D eigenvalue weighted by Crippen LogP contribution is -2.37. The molecule has 1 aliphatic carbocycles. The van der Waals surface area contributed by atoms with Gasteiger partial charge in [-0.3, -0.25) is 4.79 Å². The SMILES string of the molecule is Cc1cc(S(=O)(=O)NCC(=O)NC2CC2)cc(N)c1C. The molecule has 0 atom stereocenters. The molecule has 1 fully saturated rings. The third-order valence-electron chi connectivity index (χ3n) is 3.36. The van der Waals surface area contributed by atoms with Crippen LogP contribution < -0.4 is 15.8 Å². The Labute approximate surface area is 118 Å². The van der Waals surface area contributed by atoms with Crippen LogP contribution in [0.15, 0.2) is 17.0 Å². The van der Waals surface area contributed by atoms with E-state index in [1.54, 1.807) is 13.0 Å². The number of nitrogen functional groups attached to an aromatic ring is 1. The maximum atomic E-state index is 12.1. The van der Waals surface area contributed by atoms with Gasteiger partial charge in [-0.05, 0) is 49.9 Å². The van der Waals surface area contributed by atoms with Crippen molar-refractivity contribution in [1.82, 2.24) is 10.0 Å². The minimum atomic E-state index is -3.72. The molecule has 0 aromatic heterocycles. The first-order chi connectivity index (χ1) is 9.29. The van der Waals surface area contributed by atoms with Gasteiger partial charge in [0.15, 0.2) is 0 Å². The molecular formula is C13H19N3O3S. The van der Waals surface area contributed by atoms with E-state index in [1.807, 2.05) is 6.92 Å². The van der Waals surface area contributed by atoms with Crippen LogP contribution in [0.4, 0.5) is 5.69 Å². The maximum Gasteiger partial charge on any atom is 0.241 e. The van der Waals surface area contributed by atoms with Crippen molar-refractivity contribution in [3.8, 4) is 0 Å². The first-order valence-electron chi connectivity index (χ1n) is 6.45. The lowest BCUT2D eigenvalue weighted by atomic mass is 10.1. The third kappa shape index (κ3) is 3.49. The first-order valence-corrected chi connectivity index (χ1v) is 7.93. The number of amides is 1. The molecule has 1 saturated carbocycles. The van der Waals surface area contributed by atoms with Gasteiger partial charge in [0.05, 0.1) is 11.4 Å². The van der Waals surface area contributed by atoms with Crippen LogP contribution in [0, 0.1) is 13.8 Å². The van der Waals surface area contributed by atoms with Gasteiger partial charge in [-0.1, -0.05) is 0 Å². The van der Waals surface area contributed by atoms with E-state index in [0.29, 0.717) is 5.69 Å². The Hall–Kier alpha value is -1.60. The first kappa shape index (κ1) is 14.8. The van der Waals surface area contributed by atoms with Crippen molar-refractivity contribution >= 4 is 21.6 Å². The molecule has 7 heteroatoms. The van der Waals surface area contributed by atoms with Crippen LogP contribution in [0.5, 0.6) is 0 Å². The molecule has 4 N–H and O–H groups in total. The molecule has 1 aliphatic rings. The smallest absolute Gasteiger partial charge is 0.241 e. The molecule has 0 saturated heterocycles. The lowest BCUT2D eigenvalue weighted by Gasteiger charge is -2.11. The molecule has 0 heterocycles. The summed E-state index contributed by atoms with van der Waals surface area (Å²) < 4.78 is 26.5. The topological polar surface area (TPSA) is 101 Å². The summed E-state index contributed by atoms with van der Waals surface area (Å²) in [5.74, 6) is -0.312. The highest BCUT2D eigenvalue weighted by Gasteiger charge is 2.24. The van der Waals surface area contributed by atoms with Gasteiger partial charge in [-0.25, -0.2) is 13.1 Å². The zero-order valence-electron chi connectivity index (χ0n) is 11.6. The van der Waals surface area contributed by atoms with Gasteiger partial charge in [0.1, 0.15) is 0 Å². The van der Waals surface area contributed by atoms with Gasteiger partial charge in [0, 0.05) is 11.7 Å². The molecular weight excluding hydrogens is 278 g/mol. The van der Waals surface area contributed by atoms with Crippen molar-refractivity contribution in [1.29, 1.82) is 0 Å². The minimum Gasteiger partial charge on any atom is -0.398 e. The number of aryl methyl sites for hydroxylation is 1. The Kier molecular flexibility index (Phi) is 4.01. The van der Waals surface area contributed by atoms with E-state index >= 15 is 0 Å². The van der Waals surface area contributed by atoms with E-state index in [1.165, 1.54) is 6.07 Å². The average Bonchev–Trinajstić information content (AvgIpc) is 3.17. The van der Waals surface area contributed by atoms with Crippen LogP contribution in [0.25, 0.3) is 0 Å². The number of rotatable bonds is 5. The average molecular weight is 297 g/mol. The molecule has 0 bridgehead atoms. The largest absolute Gasteiger partial charge is 0.398 e. The fraction of sp³-hybridized carbons (Fsp3) is 0.462. The van der Waals surface area contributed by atoms with E-state index in [2.05, 4.69) is 10.0 Å². The second-order valence-electron chi connectivity index (χ2n) is 5.12. The molecule has 0 radical (unpaired) electrons. The number of nitrogens with one attached hydrogen (secondary N) is 2. The Morgan fingerprint density at radius 2 is 2.00 bits per heavy atom. The summed E-state index contributed by atoms with van der Waals surface area (Å²) in [6.07, 6.45) is 1.93. The van der Waals surface area contributed by atoms with Crippen molar-refractivity contribution in [3.63, 3.8) is 0 Å². The Bertz CT molecular complexity index is 613. The molecule has 1 aromatic carbocycles. The number of hydrogen-bond acceptors (Lipinski definition) is 4. The van der Waals surface area contributed by atoms with E-state index in [9.17, 15) is 13.2 Å². The zero-order valence-corrected chi connectivity index (χ0v) is 12.4. The number of benzene rings is 1. The van der Waals surface area contributed by atoms with Crippen molar-refractivity contribution in [2.24, 2.45) is 0 Å². The van der Waals surface area contributed by atoms with Gasteiger partial charge in [-0.2, -0.15) is 0 Å². The van der Waals surface area contributed by atoms with Crippen LogP contribution in [0.2, 0.25) is 0 Å². The van der Waals surface area contributed by atoms with Gasteiger partial charge in [0.2, 0.25) is 15.9 Å². The van der Waals surface area contributed by atoms with Gasteiger partial charge >= 0.3 is 0 Å². The summed E-state index contributed by atoms with van der Waals surface area (Å²) in [4.78, 5) is 11.6. The predicted octanol–water partition coefficient (Wildman–Crippen LogP) is 0.443. The Balaban J connectivity index is 2.07. The van der Waals surface area contributed by atoms with E-state index in [-0.39, 0.29) is 23.4 Å². The minimum absolute atomic E-state index is 0.0809. The van der Waals surface area contributed by atoms with Gasteiger partial charge in [0.25, 0.3) is 0 Å². The maximum absolute atomic E-state index is 12.1. The standard InChI is InChI=1S/C13H19N3O3S/c1-8-5-11(6-12(14)9(8)2)20(18,19)15-7-13(17)16-10-3-4-10/h5-6,10,15H,3-4,7,14H2,1-2H3,(H,16,17). The number of anilines is 1. The number of carbonyl (C=O) groups is 1. The highest BCUT2D eigenvalue weighted by Crippen LogP contribution is 2.21. The van der Waals surface area contributed by atoms with E-state index in [4.69, 9.17) is 5.73 Å². The Morgan fingerprint density at radius 3 is 2.55 bits per heavy atom. The van der Waals surface area contributed by atoms with Crippen molar-refractivity contribution in [2.75, 3.05) is 12.3 Å². The number of carbonyl (C=O) groups excluding carboxylic acids is 1. The normalized spacial score (nSPS) is 15.1. The molecule has 0 unspecified atom stereocenters. The monoisotopic (exact) mass is 297 g/mol. The summed E-state index contributed by atoms with van der Waals surface area (Å²) >= 11 is 0. The summed E-state index contributed by atoms with van der Waals surface area (Å²) in [6.45, 7) is 3.37. The fourth-order valence-electron chi connectivity index (χ4n) is 1.76. The molecule has 1 amide bonds. The lowest BCUT2D eigenvalue weighted by molar-refractivity contribution is -0.120. The van der Waals surface area contributed by atoms with Crippen molar-refractivity contribution in [3.05, 3.63) is 23.3 Å². The molecule has 6 nitrogen and oxygen atoms in total. The molecule has 2 rings (SSSR count). The molecule has 1 aromatic rings. The summed E-state index contributed by atoms with van der Waals surface area (Å²) in [6, 6.07) is 3.17. The summed E-state index contributed by atoms with van der Waals surface area (Å²) in [5, 5.41) is 2.72. The highest BCUT2D eigenvalue weighted by molar-refractivity contribution is 7.89. The van der Waals surface area contributed by atoms with Crippen molar-refractivity contribution < 1.29 is 13.2 Å². The second-order valence-corrected chi connectivity index (χ2v) is 6.89. The van der Waals surface area contributed by atoms with Crippen molar-refractivity contribution in [2.45, 2.75) is 37.6 Å². The molecule has 0 aliphatic heterocycles. The van der Waals surface area contributed by atoms with Gasteiger partial charge in [-0.15, -0.1) is 0 Å². The van der Waals surface area contributed by atoms with E-state index in [0.717, 1.165) is 24.0 Å². The number of hydrogen-bond donors (Lipinski definition) is 3. The van der Waals surface area contributed by atoms with Crippen LogP contribution in [0.3, 0.4) is 0 Å². The van der Waals surface area contributed by atoms with Crippen LogP contribution in [-0.2, 0) is 14.8 Å². The molecule has 20 heavy (non-hydrogen) atoms. The summed E-state index contributed by atoms with van der Waals surface area (Å²) in [5.41, 5.74) is 7.86. The predicted molar refractivity (Wildman–Crippen MR) is 76.7 cm³/mol. The number of sulfonamides is 1. The molecule has 110 valence electrons. The van der Waals surface area contributed by atoms with Crippen LogP contribution in [0.1, 0.15) is 24.0 Å². The molecule has 0 spiro atoms. The van der Waals surface area contributed by atoms with Gasteiger partial charge < -0.3 is 11.1 Å². The van der Waals surface area contributed by atoms with Crippen LogP contribution >= 0.6 is 0 Å². The quantitative estimate of drug-likeness (QED) is 0.686. The highest BCUT2D eigenvalue weighted by atomic mass is 32.2. The second kappa shape index (κ2) is 5.41. The number of nitrogens with two attached hydrogens (primary N) is 1. The zero-order chi connectivity index (χ0) is 14.9. The Morgan fingerprint density at radius 1 is 1.35 bits per heavy atom. The fourth-order valence-corrected chi connectivity index (χ4v) is 2.86. The van der Waals surface area contributed by atoms with Crippen LogP contribution in [-0.4, -0.2) is 26.9 Å². The summed E-state index contributed by atoms with van der Waals surface area (Å²) in [7, 11) is -3.72. The van der Waals surface area contributed by atoms with E-state index < -0.39 is 10.0 Å².